The van der Waals surface area contributed by atoms with Crippen LogP contribution in [0, 0.1) is 0 Å². The van der Waals surface area contributed by atoms with E-state index < -0.39 is 10.0 Å². The van der Waals surface area contributed by atoms with E-state index in [0.717, 1.165) is 4.88 Å². The monoisotopic (exact) mass is 315 g/mol. The fraction of sp³-hybridized carbons (Fsp3) is 0.364. The maximum Gasteiger partial charge on any atom is 0.264 e. The van der Waals surface area contributed by atoms with Gasteiger partial charge in [0.05, 0.1) is 0 Å². The van der Waals surface area contributed by atoms with E-state index in [1.165, 1.54) is 35.5 Å². The maximum absolute atomic E-state index is 12.3. The van der Waals surface area contributed by atoms with Crippen molar-refractivity contribution in [3.05, 3.63) is 27.9 Å². The van der Waals surface area contributed by atoms with Crippen molar-refractivity contribution in [2.24, 2.45) is 0 Å². The summed E-state index contributed by atoms with van der Waals surface area (Å²) in [5.74, 6) is 0. The second kappa shape index (κ2) is 5.20. The second-order valence-corrected chi connectivity index (χ2v) is 7.85. The van der Waals surface area contributed by atoms with Crippen LogP contribution in [0.25, 0.3) is 0 Å². The lowest BCUT2D eigenvalue weighted by Gasteiger charge is -2.07. The van der Waals surface area contributed by atoms with Crippen molar-refractivity contribution in [2.75, 3.05) is 4.72 Å². The summed E-state index contributed by atoms with van der Waals surface area (Å²) in [4.78, 5) is 5.13. The standard InChI is InChI=1S/C11H13N3O2S3/c15-19(16,14-11-12-4-6-18-11)10-3-5-17-9(10)7-13-8-1-2-8/h3-6,8,13H,1-2,7H2,(H,12,14). The van der Waals surface area contributed by atoms with Crippen molar-refractivity contribution in [1.82, 2.24) is 10.3 Å². The third-order valence-corrected chi connectivity index (χ3v) is 6.07. The van der Waals surface area contributed by atoms with E-state index >= 15 is 0 Å². The number of aromatic nitrogens is 1. The molecule has 102 valence electrons. The van der Waals surface area contributed by atoms with E-state index in [0.29, 0.717) is 22.6 Å². The Kier molecular flexibility index (Phi) is 3.57. The molecule has 2 N–H and O–H groups in total. The highest BCUT2D eigenvalue weighted by molar-refractivity contribution is 7.93. The number of nitrogens with one attached hydrogen (secondary N) is 2. The molecule has 2 heterocycles. The topological polar surface area (TPSA) is 71.1 Å². The predicted octanol–water partition coefficient (Wildman–Crippen LogP) is 2.26. The van der Waals surface area contributed by atoms with Crippen LogP contribution in [0.4, 0.5) is 5.13 Å². The second-order valence-electron chi connectivity index (χ2n) is 4.31. The van der Waals surface area contributed by atoms with E-state index in [9.17, 15) is 8.42 Å². The normalized spacial score (nSPS) is 15.6. The fourth-order valence-corrected chi connectivity index (χ4v) is 4.85. The van der Waals surface area contributed by atoms with Crippen LogP contribution in [0.5, 0.6) is 0 Å². The van der Waals surface area contributed by atoms with E-state index in [1.54, 1.807) is 23.0 Å². The van der Waals surface area contributed by atoms with Crippen LogP contribution in [0.2, 0.25) is 0 Å². The van der Waals surface area contributed by atoms with Crippen molar-refractivity contribution >= 4 is 37.8 Å². The number of sulfonamides is 1. The molecule has 1 aliphatic rings. The van der Waals surface area contributed by atoms with Gasteiger partial charge in [-0.05, 0) is 24.3 Å². The van der Waals surface area contributed by atoms with Gasteiger partial charge in [0.15, 0.2) is 5.13 Å². The average Bonchev–Trinajstić information content (AvgIpc) is 2.87. The van der Waals surface area contributed by atoms with E-state index in [-0.39, 0.29) is 0 Å². The molecule has 0 unspecified atom stereocenters. The van der Waals surface area contributed by atoms with Gasteiger partial charge in [0.1, 0.15) is 4.90 Å². The molecule has 5 nitrogen and oxygen atoms in total. The maximum atomic E-state index is 12.3. The number of thiazole rings is 1. The molecule has 0 aromatic carbocycles. The molecule has 19 heavy (non-hydrogen) atoms. The van der Waals surface area contributed by atoms with Gasteiger partial charge in [0.2, 0.25) is 0 Å². The summed E-state index contributed by atoms with van der Waals surface area (Å²) in [7, 11) is -3.53. The molecule has 1 saturated carbocycles. The van der Waals surface area contributed by atoms with Crippen LogP contribution >= 0.6 is 22.7 Å². The van der Waals surface area contributed by atoms with Crippen molar-refractivity contribution in [3.8, 4) is 0 Å². The van der Waals surface area contributed by atoms with Crippen LogP contribution < -0.4 is 10.0 Å². The molecule has 3 rings (SSSR count). The van der Waals surface area contributed by atoms with Crippen molar-refractivity contribution in [3.63, 3.8) is 0 Å². The lowest BCUT2D eigenvalue weighted by Crippen LogP contribution is -2.18. The molecule has 0 spiro atoms. The molecule has 0 atom stereocenters. The van der Waals surface area contributed by atoms with Crippen LogP contribution in [0.1, 0.15) is 17.7 Å². The summed E-state index contributed by atoms with van der Waals surface area (Å²) in [6, 6.07) is 2.20. The molecular formula is C11H13N3O2S3. The molecule has 1 fully saturated rings. The van der Waals surface area contributed by atoms with Crippen LogP contribution in [-0.4, -0.2) is 19.4 Å². The summed E-state index contributed by atoms with van der Waals surface area (Å²) in [6.07, 6.45) is 3.95. The molecule has 0 radical (unpaired) electrons. The largest absolute Gasteiger partial charge is 0.309 e. The molecule has 2 aromatic heterocycles. The Hall–Kier alpha value is -0.960. The minimum absolute atomic E-state index is 0.348. The van der Waals surface area contributed by atoms with Gasteiger partial charge in [-0.2, -0.15) is 0 Å². The lowest BCUT2D eigenvalue weighted by molar-refractivity contribution is 0.599. The van der Waals surface area contributed by atoms with E-state index in [2.05, 4.69) is 15.0 Å². The summed E-state index contributed by atoms with van der Waals surface area (Å²) >= 11 is 2.73. The minimum Gasteiger partial charge on any atom is -0.309 e. The molecule has 0 bridgehead atoms. The summed E-state index contributed by atoms with van der Waals surface area (Å²) < 4.78 is 27.1. The first kappa shape index (κ1) is 13.0. The average molecular weight is 315 g/mol. The fourth-order valence-electron chi connectivity index (χ4n) is 1.67. The Labute approximate surface area is 119 Å². The SMILES string of the molecule is O=S(=O)(Nc1nccs1)c1ccsc1CNC1CC1. The van der Waals surface area contributed by atoms with Gasteiger partial charge in [0.25, 0.3) is 10.0 Å². The van der Waals surface area contributed by atoms with Gasteiger partial charge in [0, 0.05) is 29.0 Å². The Bertz CT molecular complexity index is 645. The lowest BCUT2D eigenvalue weighted by atomic mass is 10.4. The molecule has 1 aliphatic carbocycles. The Balaban J connectivity index is 1.78. The summed E-state index contributed by atoms with van der Waals surface area (Å²) in [5.41, 5.74) is 0. The van der Waals surface area contributed by atoms with Crippen LogP contribution in [-0.2, 0) is 16.6 Å². The smallest absolute Gasteiger partial charge is 0.264 e. The minimum atomic E-state index is -3.53. The predicted molar refractivity (Wildman–Crippen MR) is 77.1 cm³/mol. The van der Waals surface area contributed by atoms with Gasteiger partial charge >= 0.3 is 0 Å². The zero-order valence-electron chi connectivity index (χ0n) is 10.00. The highest BCUT2D eigenvalue weighted by atomic mass is 32.2. The number of hydrogen-bond donors (Lipinski definition) is 2. The molecule has 0 aliphatic heterocycles. The van der Waals surface area contributed by atoms with Gasteiger partial charge in [-0.3, -0.25) is 4.72 Å². The first-order valence-corrected chi connectivity index (χ1v) is 9.11. The number of anilines is 1. The van der Waals surface area contributed by atoms with Gasteiger partial charge in [-0.15, -0.1) is 22.7 Å². The van der Waals surface area contributed by atoms with Crippen molar-refractivity contribution < 1.29 is 8.42 Å². The van der Waals surface area contributed by atoms with Gasteiger partial charge in [-0.1, -0.05) is 0 Å². The van der Waals surface area contributed by atoms with Crippen molar-refractivity contribution in [1.29, 1.82) is 0 Å². The number of nitrogens with zero attached hydrogens (tertiary/aromatic N) is 1. The van der Waals surface area contributed by atoms with E-state index in [1.807, 2.05) is 0 Å². The molecule has 2 aromatic rings. The highest BCUT2D eigenvalue weighted by Crippen LogP contribution is 2.26. The third-order valence-electron chi connectivity index (χ3n) is 2.78. The Morgan fingerprint density at radius 2 is 2.16 bits per heavy atom. The van der Waals surface area contributed by atoms with Crippen molar-refractivity contribution in [2.45, 2.75) is 30.3 Å². The van der Waals surface area contributed by atoms with Gasteiger partial charge < -0.3 is 5.32 Å². The number of rotatable bonds is 6. The van der Waals surface area contributed by atoms with Crippen LogP contribution in [0.15, 0.2) is 27.9 Å². The molecule has 0 amide bonds. The van der Waals surface area contributed by atoms with E-state index in [4.69, 9.17) is 0 Å². The molecule has 8 heteroatoms. The summed E-state index contributed by atoms with van der Waals surface area (Å²) in [5, 5.41) is 7.27. The first-order chi connectivity index (χ1) is 9.15. The van der Waals surface area contributed by atoms with Gasteiger partial charge in [-0.25, -0.2) is 13.4 Å². The number of hydrogen-bond acceptors (Lipinski definition) is 6. The molecule has 0 saturated heterocycles. The molecular weight excluding hydrogens is 302 g/mol. The highest BCUT2D eigenvalue weighted by Gasteiger charge is 2.24. The zero-order chi connectivity index (χ0) is 13.3. The van der Waals surface area contributed by atoms with Crippen LogP contribution in [0.3, 0.4) is 0 Å². The third kappa shape index (κ3) is 3.14. The Morgan fingerprint density at radius 3 is 2.84 bits per heavy atom. The summed E-state index contributed by atoms with van der Waals surface area (Å²) in [6.45, 7) is 0.608. The first-order valence-electron chi connectivity index (χ1n) is 5.87. The Morgan fingerprint density at radius 1 is 1.32 bits per heavy atom. The number of thiophene rings is 1. The zero-order valence-corrected chi connectivity index (χ0v) is 12.4. The quantitative estimate of drug-likeness (QED) is 0.858.